The van der Waals surface area contributed by atoms with Gasteiger partial charge in [-0.3, -0.25) is 0 Å². The molecular formula is C19H29NS. The van der Waals surface area contributed by atoms with Crippen LogP contribution < -0.4 is 5.32 Å². The molecule has 0 amide bonds. The van der Waals surface area contributed by atoms with Gasteiger partial charge in [0.15, 0.2) is 0 Å². The van der Waals surface area contributed by atoms with E-state index >= 15 is 0 Å². The Morgan fingerprint density at radius 1 is 1.10 bits per heavy atom. The first kappa shape index (κ1) is 15.4. The lowest BCUT2D eigenvalue weighted by Crippen LogP contribution is -2.28. The van der Waals surface area contributed by atoms with Crippen molar-refractivity contribution in [3.05, 3.63) is 29.8 Å². The van der Waals surface area contributed by atoms with Gasteiger partial charge in [-0.1, -0.05) is 50.8 Å². The van der Waals surface area contributed by atoms with Gasteiger partial charge >= 0.3 is 0 Å². The third-order valence-electron chi connectivity index (χ3n) is 5.36. The molecule has 1 N–H and O–H groups in total. The van der Waals surface area contributed by atoms with Crippen LogP contribution in [0.4, 0.5) is 0 Å². The number of thioether (sulfide) groups is 1. The minimum Gasteiger partial charge on any atom is -0.317 e. The zero-order valence-electron chi connectivity index (χ0n) is 13.3. The largest absolute Gasteiger partial charge is 0.317 e. The fourth-order valence-corrected chi connectivity index (χ4v) is 5.43. The molecule has 1 nitrogen and oxygen atoms in total. The van der Waals surface area contributed by atoms with E-state index in [0.717, 1.165) is 24.3 Å². The smallest absolute Gasteiger partial charge is 0.0107 e. The summed E-state index contributed by atoms with van der Waals surface area (Å²) in [5.41, 5.74) is 1.63. The Kier molecular flexibility index (Phi) is 5.65. The summed E-state index contributed by atoms with van der Waals surface area (Å²) in [7, 11) is 0. The summed E-state index contributed by atoms with van der Waals surface area (Å²) in [4.78, 5) is 1.54. The molecule has 1 aromatic rings. The molecule has 1 saturated carbocycles. The van der Waals surface area contributed by atoms with Crippen LogP contribution in [0.5, 0.6) is 0 Å². The monoisotopic (exact) mass is 303 g/mol. The van der Waals surface area contributed by atoms with E-state index in [1.807, 2.05) is 0 Å². The zero-order valence-corrected chi connectivity index (χ0v) is 14.1. The first-order valence-corrected chi connectivity index (χ1v) is 9.79. The van der Waals surface area contributed by atoms with Crippen molar-refractivity contribution in [1.29, 1.82) is 0 Å². The molecule has 0 bridgehead atoms. The molecule has 1 fully saturated rings. The molecule has 2 heteroatoms. The van der Waals surface area contributed by atoms with Gasteiger partial charge in [0.25, 0.3) is 0 Å². The molecule has 1 heterocycles. The van der Waals surface area contributed by atoms with E-state index in [1.54, 1.807) is 10.5 Å². The molecule has 116 valence electrons. The lowest BCUT2D eigenvalue weighted by Gasteiger charge is -2.28. The Balaban J connectivity index is 1.66. The van der Waals surface area contributed by atoms with Crippen molar-refractivity contribution in [3.63, 3.8) is 0 Å². The Hall–Kier alpha value is -0.470. The number of nitrogens with one attached hydrogen (secondary N) is 1. The second-order valence-electron chi connectivity index (χ2n) is 6.75. The van der Waals surface area contributed by atoms with Crippen LogP contribution in [0, 0.1) is 11.8 Å². The Morgan fingerprint density at radius 2 is 1.90 bits per heavy atom. The van der Waals surface area contributed by atoms with Crippen molar-refractivity contribution in [3.8, 4) is 0 Å². The Labute approximate surface area is 134 Å². The van der Waals surface area contributed by atoms with Crippen molar-refractivity contribution < 1.29 is 0 Å². The van der Waals surface area contributed by atoms with Crippen LogP contribution >= 0.6 is 11.8 Å². The van der Waals surface area contributed by atoms with Gasteiger partial charge in [-0.25, -0.2) is 0 Å². The van der Waals surface area contributed by atoms with Gasteiger partial charge in [-0.15, -0.1) is 11.8 Å². The minimum absolute atomic E-state index is 0.804. The van der Waals surface area contributed by atoms with Crippen molar-refractivity contribution in [2.75, 3.05) is 18.8 Å². The van der Waals surface area contributed by atoms with E-state index in [1.165, 1.54) is 50.8 Å². The van der Waals surface area contributed by atoms with Crippen molar-refractivity contribution in [2.45, 2.75) is 56.3 Å². The standard InChI is InChI=1S/C19H29NS/c1-2-20-13-16-9-5-3-4-8-15(16)12-17-14-21-19-11-7-6-10-18(17)19/h6-7,10-11,15-17,20H,2-5,8-9,12-14H2,1H3. The Bertz CT molecular complexity index is 445. The number of fused-ring (bicyclic) bond motifs is 1. The van der Waals surface area contributed by atoms with Gasteiger partial charge in [-0.05, 0) is 55.3 Å². The quantitative estimate of drug-likeness (QED) is 0.762. The number of benzene rings is 1. The number of hydrogen-bond donors (Lipinski definition) is 1. The normalized spacial score (nSPS) is 29.1. The highest BCUT2D eigenvalue weighted by Crippen LogP contribution is 2.45. The van der Waals surface area contributed by atoms with E-state index < -0.39 is 0 Å². The second kappa shape index (κ2) is 7.69. The van der Waals surface area contributed by atoms with Crippen LogP contribution in [-0.4, -0.2) is 18.8 Å². The van der Waals surface area contributed by atoms with E-state index in [9.17, 15) is 0 Å². The summed E-state index contributed by atoms with van der Waals surface area (Å²) >= 11 is 2.07. The lowest BCUT2D eigenvalue weighted by molar-refractivity contribution is 0.273. The molecule has 0 saturated heterocycles. The van der Waals surface area contributed by atoms with E-state index in [2.05, 4.69) is 48.3 Å². The predicted molar refractivity (Wildman–Crippen MR) is 93.1 cm³/mol. The minimum atomic E-state index is 0.804. The maximum atomic E-state index is 3.61. The van der Waals surface area contributed by atoms with Crippen LogP contribution in [0.2, 0.25) is 0 Å². The van der Waals surface area contributed by atoms with E-state index in [4.69, 9.17) is 0 Å². The maximum absolute atomic E-state index is 3.61. The molecule has 0 aromatic heterocycles. The average molecular weight is 304 g/mol. The summed E-state index contributed by atoms with van der Waals surface area (Å²) in [6.45, 7) is 4.59. The van der Waals surface area contributed by atoms with Gasteiger partial charge < -0.3 is 5.32 Å². The van der Waals surface area contributed by atoms with E-state index in [0.29, 0.717) is 0 Å². The molecule has 1 aliphatic carbocycles. The number of hydrogen-bond acceptors (Lipinski definition) is 2. The SMILES string of the molecule is CCNCC1CCCCCC1CC1CSc2ccccc21. The molecule has 1 aliphatic heterocycles. The second-order valence-corrected chi connectivity index (χ2v) is 7.81. The summed E-state index contributed by atoms with van der Waals surface area (Å²) in [5.74, 6) is 3.95. The van der Waals surface area contributed by atoms with Crippen LogP contribution in [-0.2, 0) is 0 Å². The van der Waals surface area contributed by atoms with Gasteiger partial charge in [0.2, 0.25) is 0 Å². The van der Waals surface area contributed by atoms with Crippen LogP contribution in [0.3, 0.4) is 0 Å². The van der Waals surface area contributed by atoms with Crippen LogP contribution in [0.1, 0.15) is 56.9 Å². The fraction of sp³-hybridized carbons (Fsp3) is 0.684. The third-order valence-corrected chi connectivity index (χ3v) is 6.61. The first-order valence-electron chi connectivity index (χ1n) is 8.81. The molecule has 0 spiro atoms. The topological polar surface area (TPSA) is 12.0 Å². The number of rotatable bonds is 5. The average Bonchev–Trinajstić information content (AvgIpc) is 2.78. The van der Waals surface area contributed by atoms with Crippen LogP contribution in [0.15, 0.2) is 29.2 Å². The highest BCUT2D eigenvalue weighted by Gasteiger charge is 2.30. The molecule has 2 aliphatic rings. The predicted octanol–water partition coefficient (Wildman–Crippen LogP) is 5.07. The molecular weight excluding hydrogens is 274 g/mol. The molecule has 3 unspecified atom stereocenters. The van der Waals surface area contributed by atoms with E-state index in [-0.39, 0.29) is 0 Å². The third kappa shape index (κ3) is 3.84. The molecule has 1 aromatic carbocycles. The van der Waals surface area contributed by atoms with Gasteiger partial charge in [-0.2, -0.15) is 0 Å². The molecule has 21 heavy (non-hydrogen) atoms. The molecule has 3 rings (SSSR count). The summed E-state index contributed by atoms with van der Waals surface area (Å²) in [6, 6.07) is 9.09. The summed E-state index contributed by atoms with van der Waals surface area (Å²) < 4.78 is 0. The summed E-state index contributed by atoms with van der Waals surface area (Å²) in [6.07, 6.45) is 8.67. The maximum Gasteiger partial charge on any atom is 0.0107 e. The van der Waals surface area contributed by atoms with Gasteiger partial charge in [0, 0.05) is 10.6 Å². The van der Waals surface area contributed by atoms with Crippen LogP contribution in [0.25, 0.3) is 0 Å². The Morgan fingerprint density at radius 3 is 2.76 bits per heavy atom. The lowest BCUT2D eigenvalue weighted by atomic mass is 9.80. The zero-order chi connectivity index (χ0) is 14.5. The first-order chi connectivity index (χ1) is 10.4. The van der Waals surface area contributed by atoms with Crippen molar-refractivity contribution in [1.82, 2.24) is 5.32 Å². The molecule has 3 atom stereocenters. The van der Waals surface area contributed by atoms with Crippen molar-refractivity contribution in [2.24, 2.45) is 11.8 Å². The van der Waals surface area contributed by atoms with Crippen molar-refractivity contribution >= 4 is 11.8 Å². The fourth-order valence-electron chi connectivity index (χ4n) is 4.16. The van der Waals surface area contributed by atoms with Gasteiger partial charge in [0.05, 0.1) is 0 Å². The summed E-state index contributed by atoms with van der Waals surface area (Å²) in [5, 5.41) is 3.61. The van der Waals surface area contributed by atoms with Gasteiger partial charge in [0.1, 0.15) is 0 Å². The highest BCUT2D eigenvalue weighted by molar-refractivity contribution is 7.99. The molecule has 0 radical (unpaired) electrons. The highest BCUT2D eigenvalue weighted by atomic mass is 32.2.